The Morgan fingerprint density at radius 1 is 0.557 bits per heavy atom. The van der Waals surface area contributed by atoms with Gasteiger partial charge in [0.25, 0.3) is 6.71 Å². The molecule has 0 radical (unpaired) electrons. The number of benzene rings is 6. The van der Waals surface area contributed by atoms with Gasteiger partial charge in [0.15, 0.2) is 0 Å². The molecule has 0 N–H and O–H groups in total. The number of rotatable bonds is 3. The van der Waals surface area contributed by atoms with E-state index in [0.717, 1.165) is 0 Å². The number of hydrogen-bond donors (Lipinski definition) is 0. The Morgan fingerprint density at radius 2 is 1.16 bits per heavy atom. The average Bonchev–Trinajstić information content (AvgIpc) is 3.57. The zero-order chi connectivity index (χ0) is 43.1. The van der Waals surface area contributed by atoms with E-state index in [2.05, 4.69) is 209 Å². The van der Waals surface area contributed by atoms with Crippen LogP contribution in [0.25, 0.3) is 21.2 Å². The van der Waals surface area contributed by atoms with E-state index in [0.29, 0.717) is 0 Å². The van der Waals surface area contributed by atoms with Crippen molar-refractivity contribution in [1.29, 1.82) is 0 Å². The molecule has 10 rings (SSSR count). The lowest BCUT2D eigenvalue weighted by atomic mass is 9.36. The van der Waals surface area contributed by atoms with Gasteiger partial charge in [0.05, 0.1) is 11.4 Å². The van der Waals surface area contributed by atoms with Crippen molar-refractivity contribution in [2.45, 2.75) is 125 Å². The molecule has 0 amide bonds. The van der Waals surface area contributed by atoms with Crippen molar-refractivity contribution in [3.8, 4) is 11.1 Å². The first-order valence-electron chi connectivity index (χ1n) is 22.5. The van der Waals surface area contributed by atoms with Crippen LogP contribution in [0.2, 0.25) is 0 Å². The van der Waals surface area contributed by atoms with Gasteiger partial charge in [-0.15, -0.1) is 11.3 Å². The Bertz CT molecular complexity index is 2930. The lowest BCUT2D eigenvalue weighted by Crippen LogP contribution is -2.60. The van der Waals surface area contributed by atoms with Crippen LogP contribution in [0.1, 0.15) is 121 Å². The zero-order valence-electron chi connectivity index (χ0n) is 38.7. The largest absolute Gasteiger partial charge is 0.311 e. The first-order chi connectivity index (χ1) is 28.7. The highest BCUT2D eigenvalue weighted by Gasteiger charge is 2.47. The van der Waals surface area contributed by atoms with E-state index in [4.69, 9.17) is 0 Å². The molecule has 61 heavy (non-hydrogen) atoms. The molecule has 1 aliphatic carbocycles. The van der Waals surface area contributed by atoms with Gasteiger partial charge in [-0.25, -0.2) is 0 Å². The van der Waals surface area contributed by atoms with Crippen molar-refractivity contribution in [2.24, 2.45) is 0 Å². The third-order valence-corrected chi connectivity index (χ3v) is 15.7. The number of nitrogens with zero attached hydrogens (tertiary/aromatic N) is 2. The number of aryl methyl sites for hydroxylation is 3. The SMILES string of the molecule is Cc1ccc2c(c1)N(c1ccc(C(C)(C)C)cc1-c1ccccc1C)c1cc(C)cc3c1B2c1sc2cc4c(cc2c1N3c1ccc(C(C)(C)C)cc1)C(C)(C)CCC4(C)C. The lowest BCUT2D eigenvalue weighted by Gasteiger charge is -2.44. The minimum Gasteiger partial charge on any atom is -0.311 e. The molecule has 0 fully saturated rings. The molecule has 308 valence electrons. The van der Waals surface area contributed by atoms with Crippen LogP contribution in [-0.2, 0) is 21.7 Å². The summed E-state index contributed by atoms with van der Waals surface area (Å²) < 4.78 is 2.84. The van der Waals surface area contributed by atoms with Gasteiger partial charge in [-0.3, -0.25) is 0 Å². The molecule has 0 atom stereocenters. The fourth-order valence-corrected chi connectivity index (χ4v) is 12.1. The van der Waals surface area contributed by atoms with Gasteiger partial charge in [-0.05, 0) is 165 Å². The Morgan fingerprint density at radius 3 is 1.82 bits per heavy atom. The number of anilines is 6. The third kappa shape index (κ3) is 6.25. The van der Waals surface area contributed by atoms with E-state index < -0.39 is 0 Å². The summed E-state index contributed by atoms with van der Waals surface area (Å²) in [6.45, 7) is 30.7. The highest BCUT2D eigenvalue weighted by molar-refractivity contribution is 7.33. The highest BCUT2D eigenvalue weighted by atomic mass is 32.1. The van der Waals surface area contributed by atoms with Gasteiger partial charge in [0, 0.05) is 43.2 Å². The van der Waals surface area contributed by atoms with Crippen LogP contribution < -0.4 is 25.5 Å². The molecule has 0 unspecified atom stereocenters. The molecule has 3 heterocycles. The van der Waals surface area contributed by atoms with Gasteiger partial charge < -0.3 is 9.80 Å². The van der Waals surface area contributed by atoms with Crippen molar-refractivity contribution < 1.29 is 0 Å². The second-order valence-electron chi connectivity index (χ2n) is 22.0. The van der Waals surface area contributed by atoms with Gasteiger partial charge in [0.1, 0.15) is 0 Å². The molecule has 2 aliphatic heterocycles. The van der Waals surface area contributed by atoms with E-state index in [1.165, 1.54) is 123 Å². The maximum atomic E-state index is 2.65. The molecule has 0 spiro atoms. The van der Waals surface area contributed by atoms with Crippen molar-refractivity contribution in [3.05, 3.63) is 148 Å². The average molecular weight is 817 g/mol. The Hall–Kier alpha value is -5.06. The van der Waals surface area contributed by atoms with E-state index in [9.17, 15) is 0 Å². The second kappa shape index (κ2) is 13.5. The lowest BCUT2D eigenvalue weighted by molar-refractivity contribution is 0.332. The van der Waals surface area contributed by atoms with Crippen LogP contribution >= 0.6 is 11.3 Å². The summed E-state index contributed by atoms with van der Waals surface area (Å²) in [4.78, 5) is 5.28. The summed E-state index contributed by atoms with van der Waals surface area (Å²) in [6, 6.07) is 43.1. The molecule has 0 saturated heterocycles. The van der Waals surface area contributed by atoms with Crippen LogP contribution in [0, 0.1) is 20.8 Å². The van der Waals surface area contributed by atoms with Crippen molar-refractivity contribution in [1.82, 2.24) is 0 Å². The van der Waals surface area contributed by atoms with E-state index >= 15 is 0 Å². The molecular formula is C57H61BN2S. The van der Waals surface area contributed by atoms with Crippen LogP contribution in [0.5, 0.6) is 0 Å². The molecule has 6 aromatic carbocycles. The van der Waals surface area contributed by atoms with E-state index in [1.807, 2.05) is 11.3 Å². The molecule has 4 heteroatoms. The monoisotopic (exact) mass is 816 g/mol. The summed E-state index contributed by atoms with van der Waals surface area (Å²) in [5.41, 5.74) is 22.8. The molecule has 1 aromatic heterocycles. The van der Waals surface area contributed by atoms with Crippen molar-refractivity contribution in [3.63, 3.8) is 0 Å². The van der Waals surface area contributed by atoms with Crippen LogP contribution in [0.15, 0.2) is 109 Å². The number of fused-ring (bicyclic) bond motifs is 7. The van der Waals surface area contributed by atoms with Gasteiger partial charge in [-0.1, -0.05) is 124 Å². The molecule has 0 saturated carbocycles. The summed E-state index contributed by atoms with van der Waals surface area (Å²) in [5, 5.41) is 1.38. The quantitative estimate of drug-likeness (QED) is 0.164. The van der Waals surface area contributed by atoms with Crippen molar-refractivity contribution >= 4 is 78.0 Å². The fraction of sp³-hybridized carbons (Fsp3) is 0.333. The second-order valence-corrected chi connectivity index (χ2v) is 23.0. The van der Waals surface area contributed by atoms with Crippen LogP contribution in [-0.4, -0.2) is 6.71 Å². The van der Waals surface area contributed by atoms with Crippen molar-refractivity contribution in [2.75, 3.05) is 9.80 Å². The predicted molar refractivity (Wildman–Crippen MR) is 268 cm³/mol. The number of thiophene rings is 1. The molecule has 0 bridgehead atoms. The van der Waals surface area contributed by atoms with Gasteiger partial charge >= 0.3 is 0 Å². The topological polar surface area (TPSA) is 6.48 Å². The maximum absolute atomic E-state index is 2.65. The molecular weight excluding hydrogens is 756 g/mol. The molecule has 3 aliphatic rings. The first-order valence-corrected chi connectivity index (χ1v) is 23.3. The predicted octanol–water partition coefficient (Wildman–Crippen LogP) is 14.5. The Kier molecular flexibility index (Phi) is 8.84. The minimum atomic E-state index is 0.00419. The highest BCUT2D eigenvalue weighted by Crippen LogP contribution is 2.53. The smallest absolute Gasteiger partial charge is 0.264 e. The van der Waals surface area contributed by atoms with Crippen LogP contribution in [0.4, 0.5) is 34.1 Å². The maximum Gasteiger partial charge on any atom is 0.264 e. The standard InChI is InChI=1S/C57H61BN2S/c1-34-18-24-45-47(28-34)60(46-25-21-38(55(7,8)9)31-41(46)40-17-15-14-16-36(40)3)49-30-35(2)29-48-51(49)58(45)53-52(59(48)39-22-19-37(20-23-39)54(4,5)6)42-32-43-44(33-50(42)61-53)57(12,13)27-26-56(43,10)11/h14-25,28-33H,26-27H2,1-13H3. The van der Waals surface area contributed by atoms with Gasteiger partial charge in [0.2, 0.25) is 0 Å². The van der Waals surface area contributed by atoms with E-state index in [1.54, 1.807) is 0 Å². The fourth-order valence-electron chi connectivity index (χ4n) is 10.7. The Balaban J connectivity index is 1.31. The summed E-state index contributed by atoms with van der Waals surface area (Å²) in [7, 11) is 0. The summed E-state index contributed by atoms with van der Waals surface area (Å²) in [5.74, 6) is 0. The number of hydrogen-bond acceptors (Lipinski definition) is 3. The zero-order valence-corrected chi connectivity index (χ0v) is 39.5. The normalized spacial score (nSPS) is 16.3. The molecule has 7 aromatic rings. The van der Waals surface area contributed by atoms with Crippen LogP contribution in [0.3, 0.4) is 0 Å². The third-order valence-electron chi connectivity index (χ3n) is 14.5. The minimum absolute atomic E-state index is 0.00419. The first kappa shape index (κ1) is 40.0. The molecule has 2 nitrogen and oxygen atoms in total. The Labute approximate surface area is 369 Å². The van der Waals surface area contributed by atoms with Gasteiger partial charge in [-0.2, -0.15) is 0 Å². The summed E-state index contributed by atoms with van der Waals surface area (Å²) >= 11 is 2.03. The summed E-state index contributed by atoms with van der Waals surface area (Å²) in [6.07, 6.45) is 2.40. The van der Waals surface area contributed by atoms with E-state index in [-0.39, 0.29) is 28.4 Å².